The lowest BCUT2D eigenvalue weighted by Gasteiger charge is -2.13. The molecule has 0 aliphatic carbocycles. The molecule has 3 aromatic carbocycles. The summed E-state index contributed by atoms with van der Waals surface area (Å²) in [7, 11) is 0. The van der Waals surface area contributed by atoms with Crippen LogP contribution in [0.3, 0.4) is 0 Å². The number of hydrogen-bond donors (Lipinski definition) is 1. The van der Waals surface area contributed by atoms with Gasteiger partial charge in [0.15, 0.2) is 0 Å². The summed E-state index contributed by atoms with van der Waals surface area (Å²) in [5.41, 5.74) is 5.66. The molecule has 0 atom stereocenters. The molecule has 0 spiro atoms. The number of aliphatic hydroxyl groups is 1. The van der Waals surface area contributed by atoms with Crippen molar-refractivity contribution in [3.63, 3.8) is 0 Å². The zero-order chi connectivity index (χ0) is 18.9. The van der Waals surface area contributed by atoms with Gasteiger partial charge in [0, 0.05) is 27.5 Å². The van der Waals surface area contributed by atoms with Crippen LogP contribution in [0, 0.1) is 0 Å². The van der Waals surface area contributed by atoms with Crippen LogP contribution in [-0.2, 0) is 19.6 Å². The summed E-state index contributed by atoms with van der Waals surface area (Å²) in [6, 6.07) is 27.3. The predicted molar refractivity (Wildman–Crippen MR) is 113 cm³/mol. The van der Waals surface area contributed by atoms with Gasteiger partial charge in [-0.05, 0) is 24.1 Å². The Hall–Kier alpha value is -2.82. The molecule has 1 aliphatic rings. The number of hydrogen-bond acceptors (Lipinski definition) is 3. The molecule has 2 heterocycles. The molecule has 1 aliphatic heterocycles. The van der Waals surface area contributed by atoms with Crippen molar-refractivity contribution in [3.8, 4) is 22.5 Å². The molecular formula is C24H20N2OS. The quantitative estimate of drug-likeness (QED) is 0.450. The maximum Gasteiger partial charge on any atom is 0.135 e. The van der Waals surface area contributed by atoms with Crippen LogP contribution in [-0.4, -0.2) is 14.7 Å². The van der Waals surface area contributed by atoms with Crippen molar-refractivity contribution in [1.82, 2.24) is 9.55 Å². The molecule has 28 heavy (non-hydrogen) atoms. The minimum atomic E-state index is -0.0702. The molecule has 0 radical (unpaired) electrons. The average Bonchev–Trinajstić information content (AvgIpc) is 3.05. The van der Waals surface area contributed by atoms with Crippen LogP contribution < -0.4 is 0 Å². The Kier molecular flexibility index (Phi) is 4.51. The maximum absolute atomic E-state index is 10.0. The number of nitrogens with zero attached hydrogens (tertiary/aromatic N) is 2. The van der Waals surface area contributed by atoms with Gasteiger partial charge in [-0.25, -0.2) is 4.98 Å². The normalized spacial score (nSPS) is 12.0. The SMILES string of the molecule is OCc1nc2c(n1CCc1ccccc1)-c1ccccc1Sc1ccccc1-2. The van der Waals surface area contributed by atoms with Gasteiger partial charge in [0.05, 0.1) is 11.4 Å². The third-order valence-electron chi connectivity index (χ3n) is 5.16. The van der Waals surface area contributed by atoms with Crippen LogP contribution >= 0.6 is 11.8 Å². The van der Waals surface area contributed by atoms with Crippen LogP contribution in [0.4, 0.5) is 0 Å². The van der Waals surface area contributed by atoms with Crippen molar-refractivity contribution in [3.05, 3.63) is 90.3 Å². The first kappa shape index (κ1) is 17.3. The zero-order valence-electron chi connectivity index (χ0n) is 15.4. The fraction of sp³-hybridized carbons (Fsp3) is 0.125. The van der Waals surface area contributed by atoms with Crippen LogP contribution in [0.2, 0.25) is 0 Å². The largest absolute Gasteiger partial charge is 0.388 e. The van der Waals surface area contributed by atoms with Gasteiger partial charge in [-0.2, -0.15) is 0 Å². The zero-order valence-corrected chi connectivity index (χ0v) is 16.2. The Bertz CT molecular complexity index is 1130. The van der Waals surface area contributed by atoms with Crippen molar-refractivity contribution in [1.29, 1.82) is 0 Å². The van der Waals surface area contributed by atoms with Gasteiger partial charge in [-0.15, -0.1) is 0 Å². The van der Waals surface area contributed by atoms with E-state index < -0.39 is 0 Å². The van der Waals surface area contributed by atoms with E-state index in [0.29, 0.717) is 0 Å². The predicted octanol–water partition coefficient (Wildman–Crippen LogP) is 5.42. The first-order chi connectivity index (χ1) is 13.8. The lowest BCUT2D eigenvalue weighted by molar-refractivity contribution is 0.265. The standard InChI is InChI=1S/C24H20N2OS/c27-16-22-25-23-18-10-4-6-12-20(18)28-21-13-7-5-11-19(21)24(23)26(22)15-14-17-8-2-1-3-9-17/h1-13,27H,14-16H2. The van der Waals surface area contributed by atoms with E-state index in [2.05, 4.69) is 77.4 Å². The smallest absolute Gasteiger partial charge is 0.135 e. The lowest BCUT2D eigenvalue weighted by Crippen LogP contribution is -2.08. The average molecular weight is 385 g/mol. The van der Waals surface area contributed by atoms with Gasteiger partial charge >= 0.3 is 0 Å². The monoisotopic (exact) mass is 384 g/mol. The molecule has 4 heteroatoms. The van der Waals surface area contributed by atoms with Crippen LogP contribution in [0.25, 0.3) is 22.5 Å². The minimum Gasteiger partial charge on any atom is -0.388 e. The number of rotatable bonds is 4. The van der Waals surface area contributed by atoms with Crippen LogP contribution in [0.15, 0.2) is 88.7 Å². The molecule has 0 amide bonds. The van der Waals surface area contributed by atoms with Crippen molar-refractivity contribution in [2.75, 3.05) is 0 Å². The molecule has 1 aromatic heterocycles. The Morgan fingerprint density at radius 3 is 2.18 bits per heavy atom. The van der Waals surface area contributed by atoms with Crippen LogP contribution in [0.5, 0.6) is 0 Å². The topological polar surface area (TPSA) is 38.1 Å². The summed E-state index contributed by atoms with van der Waals surface area (Å²) in [5.74, 6) is 0.720. The third kappa shape index (κ3) is 2.95. The molecule has 1 N–H and O–H groups in total. The highest BCUT2D eigenvalue weighted by Gasteiger charge is 2.26. The summed E-state index contributed by atoms with van der Waals surface area (Å²) in [5, 5.41) is 10.0. The summed E-state index contributed by atoms with van der Waals surface area (Å²) < 4.78 is 2.20. The fourth-order valence-corrected chi connectivity index (χ4v) is 4.91. The summed E-state index contributed by atoms with van der Waals surface area (Å²) >= 11 is 1.79. The molecule has 0 saturated heterocycles. The number of fused-ring (bicyclic) bond motifs is 5. The summed E-state index contributed by atoms with van der Waals surface area (Å²) in [4.78, 5) is 7.30. The van der Waals surface area contributed by atoms with E-state index in [4.69, 9.17) is 4.98 Å². The van der Waals surface area contributed by atoms with E-state index in [0.717, 1.165) is 35.7 Å². The molecule has 4 aromatic rings. The first-order valence-corrected chi connectivity index (χ1v) is 10.3. The van der Waals surface area contributed by atoms with Gasteiger partial charge in [-0.3, -0.25) is 0 Å². The van der Waals surface area contributed by atoms with Crippen molar-refractivity contribution >= 4 is 11.8 Å². The molecule has 0 bridgehead atoms. The Morgan fingerprint density at radius 1 is 0.786 bits per heavy atom. The molecule has 5 rings (SSSR count). The lowest BCUT2D eigenvalue weighted by atomic mass is 10.0. The van der Waals surface area contributed by atoms with Crippen molar-refractivity contribution < 1.29 is 5.11 Å². The molecule has 3 nitrogen and oxygen atoms in total. The van der Waals surface area contributed by atoms with Gasteiger partial charge in [0.1, 0.15) is 12.4 Å². The number of aliphatic hydroxyl groups excluding tert-OH is 1. The number of aromatic nitrogens is 2. The van der Waals surface area contributed by atoms with Gasteiger partial charge in [0.25, 0.3) is 0 Å². The molecule has 138 valence electrons. The highest BCUT2D eigenvalue weighted by Crippen LogP contribution is 2.47. The maximum atomic E-state index is 10.0. The fourth-order valence-electron chi connectivity index (χ4n) is 3.83. The number of benzene rings is 3. The Balaban J connectivity index is 1.70. The second kappa shape index (κ2) is 7.30. The van der Waals surface area contributed by atoms with E-state index in [1.807, 2.05) is 6.07 Å². The second-order valence-corrected chi connectivity index (χ2v) is 7.95. The minimum absolute atomic E-state index is 0.0702. The number of imidazole rings is 1. The molecule has 0 unspecified atom stereocenters. The first-order valence-electron chi connectivity index (χ1n) is 9.46. The van der Waals surface area contributed by atoms with Crippen molar-refractivity contribution in [2.45, 2.75) is 29.4 Å². The van der Waals surface area contributed by atoms with E-state index >= 15 is 0 Å². The third-order valence-corrected chi connectivity index (χ3v) is 6.31. The van der Waals surface area contributed by atoms with Gasteiger partial charge in [0.2, 0.25) is 0 Å². The van der Waals surface area contributed by atoms with Gasteiger partial charge in [-0.1, -0.05) is 78.5 Å². The molecular weight excluding hydrogens is 364 g/mol. The van der Waals surface area contributed by atoms with Gasteiger partial charge < -0.3 is 9.67 Å². The summed E-state index contributed by atoms with van der Waals surface area (Å²) in [6.07, 6.45) is 0.896. The Morgan fingerprint density at radius 2 is 1.43 bits per heavy atom. The van der Waals surface area contributed by atoms with E-state index in [-0.39, 0.29) is 6.61 Å². The highest BCUT2D eigenvalue weighted by atomic mass is 32.2. The molecule has 0 fully saturated rings. The number of aryl methyl sites for hydroxylation is 1. The second-order valence-electron chi connectivity index (χ2n) is 6.86. The Labute approximate surface area is 168 Å². The summed E-state index contributed by atoms with van der Waals surface area (Å²) in [6.45, 7) is 0.711. The molecule has 0 saturated carbocycles. The van der Waals surface area contributed by atoms with E-state index in [9.17, 15) is 5.11 Å². The highest BCUT2D eigenvalue weighted by molar-refractivity contribution is 7.99. The van der Waals surface area contributed by atoms with E-state index in [1.54, 1.807) is 11.8 Å². The van der Waals surface area contributed by atoms with Crippen molar-refractivity contribution in [2.24, 2.45) is 0 Å². The van der Waals surface area contributed by atoms with Crippen LogP contribution in [0.1, 0.15) is 11.4 Å². The van der Waals surface area contributed by atoms with E-state index in [1.165, 1.54) is 20.9 Å².